The van der Waals surface area contributed by atoms with Crippen molar-refractivity contribution in [1.29, 1.82) is 0 Å². The molecule has 1 N–H and O–H groups in total. The van der Waals surface area contributed by atoms with Crippen LogP contribution in [0.15, 0.2) is 0 Å². The molecule has 0 amide bonds. The first-order valence-electron chi connectivity index (χ1n) is 5.10. The second-order valence-electron chi connectivity index (χ2n) is 4.10. The first-order valence-corrected chi connectivity index (χ1v) is 7.65. The number of hydrogen-bond acceptors (Lipinski definition) is 2. The second kappa shape index (κ2) is 4.39. The van der Waals surface area contributed by atoms with Gasteiger partial charge in [-0.3, -0.25) is 4.84 Å². The lowest BCUT2D eigenvalue weighted by Crippen LogP contribution is -2.43. The molecule has 0 aromatic carbocycles. The van der Waals surface area contributed by atoms with E-state index in [-0.39, 0.29) is 5.22 Å². The first-order chi connectivity index (χ1) is 5.69. The van der Waals surface area contributed by atoms with Crippen molar-refractivity contribution < 1.29 is 4.84 Å². The summed E-state index contributed by atoms with van der Waals surface area (Å²) in [7, 11) is -0.607. The quantitative estimate of drug-likeness (QED) is 0.412. The van der Waals surface area contributed by atoms with Crippen LogP contribution in [0.2, 0.25) is 12.6 Å². The van der Waals surface area contributed by atoms with E-state index in [1.807, 2.05) is 0 Å². The van der Waals surface area contributed by atoms with Gasteiger partial charge in [-0.1, -0.05) is 25.9 Å². The Labute approximate surface area is 77.2 Å². The van der Waals surface area contributed by atoms with Crippen molar-refractivity contribution in [3.63, 3.8) is 0 Å². The third-order valence-corrected chi connectivity index (χ3v) is 6.78. The van der Waals surface area contributed by atoms with Crippen LogP contribution in [0.5, 0.6) is 0 Å². The van der Waals surface area contributed by atoms with Crippen molar-refractivity contribution in [3.05, 3.63) is 0 Å². The highest BCUT2D eigenvalue weighted by molar-refractivity contribution is 6.61. The molecule has 0 aromatic heterocycles. The summed E-state index contributed by atoms with van der Waals surface area (Å²) in [4.78, 5) is 5.75. The van der Waals surface area contributed by atoms with Crippen molar-refractivity contribution in [1.82, 2.24) is 5.48 Å². The van der Waals surface area contributed by atoms with Gasteiger partial charge in [-0.05, 0) is 19.8 Å². The molecule has 2 nitrogen and oxygen atoms in total. The van der Waals surface area contributed by atoms with E-state index in [0.29, 0.717) is 0 Å². The third-order valence-electron chi connectivity index (χ3n) is 3.01. The lowest BCUT2D eigenvalue weighted by Gasteiger charge is -2.28. The Morgan fingerprint density at radius 1 is 1.58 bits per heavy atom. The van der Waals surface area contributed by atoms with Crippen LogP contribution in [0.1, 0.15) is 33.1 Å². The highest BCUT2D eigenvalue weighted by Crippen LogP contribution is 2.31. The highest BCUT2D eigenvalue weighted by Gasteiger charge is 2.38. The van der Waals surface area contributed by atoms with Crippen LogP contribution in [-0.4, -0.2) is 20.6 Å². The molecule has 2 unspecified atom stereocenters. The summed E-state index contributed by atoms with van der Waals surface area (Å²) in [5.41, 5.74) is 3.08. The molecule has 1 saturated heterocycles. The van der Waals surface area contributed by atoms with Crippen LogP contribution in [-0.2, 0) is 4.84 Å². The topological polar surface area (TPSA) is 21.3 Å². The number of nitrogens with one attached hydrogen (secondary N) is 1. The first kappa shape index (κ1) is 10.2. The fraction of sp³-hybridized carbons (Fsp3) is 1.00. The summed E-state index contributed by atoms with van der Waals surface area (Å²) in [6.07, 6.45) is 3.78. The van der Waals surface area contributed by atoms with Gasteiger partial charge in [0, 0.05) is 6.54 Å². The lowest BCUT2D eigenvalue weighted by atomic mass is 10.2. The molecule has 1 heterocycles. The molecule has 72 valence electrons. The van der Waals surface area contributed by atoms with Gasteiger partial charge >= 0.3 is 0 Å². The molecule has 12 heavy (non-hydrogen) atoms. The molecule has 2 atom stereocenters. The maximum absolute atomic E-state index is 5.75. The Balaban J connectivity index is 2.27. The monoisotopic (exact) mass is 187 g/mol. The molecule has 1 rings (SSSR count). The standard InChI is InChI=1S/C9H21NOSi/c1-4-7-10-11-9(2)6-5-8-12(9)3/h10,12H,4-8H2,1-3H3. The molecule has 0 bridgehead atoms. The average Bonchev–Trinajstić information content (AvgIpc) is 2.34. The Bertz CT molecular complexity index is 142. The zero-order chi connectivity index (χ0) is 9.03. The van der Waals surface area contributed by atoms with Crippen molar-refractivity contribution in [2.45, 2.75) is 50.9 Å². The van der Waals surface area contributed by atoms with Crippen LogP contribution in [0.3, 0.4) is 0 Å². The van der Waals surface area contributed by atoms with E-state index >= 15 is 0 Å². The lowest BCUT2D eigenvalue weighted by molar-refractivity contribution is -0.0467. The Hall–Kier alpha value is 0.137. The molecule has 1 aliphatic rings. The van der Waals surface area contributed by atoms with Crippen molar-refractivity contribution >= 4 is 8.80 Å². The fourth-order valence-electron chi connectivity index (χ4n) is 1.78. The summed E-state index contributed by atoms with van der Waals surface area (Å²) in [6, 6.07) is 1.45. The number of hydrogen-bond donors (Lipinski definition) is 1. The molecular formula is C9H21NOSi. The smallest absolute Gasteiger partial charge is 0.0748 e. The average molecular weight is 187 g/mol. The Morgan fingerprint density at radius 2 is 2.33 bits per heavy atom. The van der Waals surface area contributed by atoms with E-state index in [2.05, 4.69) is 25.9 Å². The predicted molar refractivity (Wildman–Crippen MR) is 54.8 cm³/mol. The normalized spacial score (nSPS) is 35.8. The maximum Gasteiger partial charge on any atom is 0.0748 e. The van der Waals surface area contributed by atoms with Crippen molar-refractivity contribution in [3.8, 4) is 0 Å². The molecule has 3 heteroatoms. The summed E-state index contributed by atoms with van der Waals surface area (Å²) in [5, 5.41) is 0.231. The van der Waals surface area contributed by atoms with Gasteiger partial charge in [-0.15, -0.1) is 0 Å². The predicted octanol–water partition coefficient (Wildman–Crippen LogP) is 1.87. The largest absolute Gasteiger partial charge is 0.299 e. The molecule has 1 fully saturated rings. The van der Waals surface area contributed by atoms with Gasteiger partial charge in [0.15, 0.2) is 0 Å². The minimum absolute atomic E-state index is 0.231. The van der Waals surface area contributed by atoms with Gasteiger partial charge in [-0.2, -0.15) is 0 Å². The molecule has 0 aliphatic carbocycles. The van der Waals surface area contributed by atoms with Gasteiger partial charge in [0.25, 0.3) is 0 Å². The Morgan fingerprint density at radius 3 is 2.83 bits per heavy atom. The zero-order valence-electron chi connectivity index (χ0n) is 8.52. The van der Waals surface area contributed by atoms with E-state index in [9.17, 15) is 0 Å². The van der Waals surface area contributed by atoms with E-state index in [1.165, 1.54) is 18.9 Å². The summed E-state index contributed by atoms with van der Waals surface area (Å²) >= 11 is 0. The molecule has 0 spiro atoms. The molecular weight excluding hydrogens is 166 g/mol. The molecule has 0 saturated carbocycles. The maximum atomic E-state index is 5.75. The fourth-order valence-corrected chi connectivity index (χ4v) is 4.19. The minimum Gasteiger partial charge on any atom is -0.299 e. The van der Waals surface area contributed by atoms with Crippen LogP contribution >= 0.6 is 0 Å². The number of hydroxylamine groups is 1. The highest BCUT2D eigenvalue weighted by atomic mass is 28.3. The van der Waals surface area contributed by atoms with Gasteiger partial charge in [-0.25, -0.2) is 5.48 Å². The van der Waals surface area contributed by atoms with Crippen LogP contribution < -0.4 is 5.48 Å². The van der Waals surface area contributed by atoms with Crippen LogP contribution in [0, 0.1) is 0 Å². The summed E-state index contributed by atoms with van der Waals surface area (Å²) in [6.45, 7) is 7.84. The summed E-state index contributed by atoms with van der Waals surface area (Å²) in [5.74, 6) is 0. The Kier molecular flexibility index (Phi) is 3.74. The van der Waals surface area contributed by atoms with E-state index in [0.717, 1.165) is 13.0 Å². The molecule has 0 radical (unpaired) electrons. The van der Waals surface area contributed by atoms with Gasteiger partial charge < -0.3 is 0 Å². The van der Waals surface area contributed by atoms with E-state index in [4.69, 9.17) is 4.84 Å². The van der Waals surface area contributed by atoms with E-state index in [1.54, 1.807) is 0 Å². The zero-order valence-corrected chi connectivity index (χ0v) is 9.68. The third kappa shape index (κ3) is 2.31. The van der Waals surface area contributed by atoms with Gasteiger partial charge in [0.2, 0.25) is 0 Å². The van der Waals surface area contributed by atoms with Gasteiger partial charge in [0.1, 0.15) is 0 Å². The van der Waals surface area contributed by atoms with Crippen LogP contribution in [0.25, 0.3) is 0 Å². The number of rotatable bonds is 4. The van der Waals surface area contributed by atoms with E-state index < -0.39 is 8.80 Å². The van der Waals surface area contributed by atoms with Crippen molar-refractivity contribution in [2.75, 3.05) is 6.54 Å². The SMILES string of the molecule is CCCNOC1(C)CCC[SiH]1C. The van der Waals surface area contributed by atoms with Crippen molar-refractivity contribution in [2.24, 2.45) is 0 Å². The van der Waals surface area contributed by atoms with Crippen LogP contribution in [0.4, 0.5) is 0 Å². The summed E-state index contributed by atoms with van der Waals surface area (Å²) < 4.78 is 0. The minimum atomic E-state index is -0.607. The molecule has 0 aromatic rings. The van der Waals surface area contributed by atoms with Gasteiger partial charge in [0.05, 0.1) is 14.0 Å². The molecule has 1 aliphatic heterocycles. The second-order valence-corrected chi connectivity index (χ2v) is 7.70.